The van der Waals surface area contributed by atoms with Gasteiger partial charge in [-0.05, 0) is 12.5 Å². The van der Waals surface area contributed by atoms with E-state index in [1.165, 1.54) is 30.0 Å². The Hall–Kier alpha value is -1.70. The van der Waals surface area contributed by atoms with Gasteiger partial charge in [0.05, 0.1) is 18.8 Å². The molecular formula is C17H26N2O5. The SMILES string of the molecule is CCCCCCCOCc1cn(C2C=C[C@@H](CO)O2)c(=O)[nH]c1=O. The summed E-state index contributed by atoms with van der Waals surface area (Å²) in [5.41, 5.74) is -0.605. The fourth-order valence-electron chi connectivity index (χ4n) is 2.56. The van der Waals surface area contributed by atoms with E-state index in [0.29, 0.717) is 12.2 Å². The van der Waals surface area contributed by atoms with E-state index in [9.17, 15) is 9.59 Å². The van der Waals surface area contributed by atoms with Gasteiger partial charge in [-0.2, -0.15) is 0 Å². The van der Waals surface area contributed by atoms with Crippen LogP contribution in [0.1, 0.15) is 50.8 Å². The molecule has 1 aliphatic heterocycles. The quantitative estimate of drug-likeness (QED) is 0.498. The molecule has 0 radical (unpaired) electrons. The lowest BCUT2D eigenvalue weighted by Crippen LogP contribution is -2.34. The summed E-state index contributed by atoms with van der Waals surface area (Å²) in [6.45, 7) is 2.76. The van der Waals surface area contributed by atoms with Crippen LogP contribution in [0.2, 0.25) is 0 Å². The first kappa shape index (κ1) is 18.6. The number of unbranched alkanes of at least 4 members (excludes halogenated alkanes) is 4. The molecule has 7 nitrogen and oxygen atoms in total. The Kier molecular flexibility index (Phi) is 7.42. The molecule has 0 saturated carbocycles. The first-order valence-electron chi connectivity index (χ1n) is 8.52. The number of rotatable bonds is 10. The Labute approximate surface area is 140 Å². The fourth-order valence-corrected chi connectivity index (χ4v) is 2.56. The third-order valence-corrected chi connectivity index (χ3v) is 3.95. The van der Waals surface area contributed by atoms with Gasteiger partial charge in [-0.15, -0.1) is 0 Å². The van der Waals surface area contributed by atoms with Gasteiger partial charge in [0.1, 0.15) is 6.10 Å². The zero-order valence-corrected chi connectivity index (χ0v) is 14.1. The topological polar surface area (TPSA) is 93.6 Å². The van der Waals surface area contributed by atoms with Gasteiger partial charge in [-0.3, -0.25) is 14.3 Å². The van der Waals surface area contributed by atoms with Crippen molar-refractivity contribution in [3.63, 3.8) is 0 Å². The Morgan fingerprint density at radius 2 is 2.04 bits per heavy atom. The van der Waals surface area contributed by atoms with Crippen molar-refractivity contribution >= 4 is 0 Å². The van der Waals surface area contributed by atoms with Crippen molar-refractivity contribution in [2.24, 2.45) is 0 Å². The van der Waals surface area contributed by atoms with Gasteiger partial charge in [0.2, 0.25) is 0 Å². The minimum atomic E-state index is -0.626. The second kappa shape index (κ2) is 9.56. The van der Waals surface area contributed by atoms with E-state index in [0.717, 1.165) is 12.8 Å². The maximum Gasteiger partial charge on any atom is 0.330 e. The van der Waals surface area contributed by atoms with Gasteiger partial charge in [0, 0.05) is 12.8 Å². The molecule has 0 bridgehead atoms. The van der Waals surface area contributed by atoms with Crippen LogP contribution >= 0.6 is 0 Å². The molecule has 0 aromatic carbocycles. The highest BCUT2D eigenvalue weighted by atomic mass is 16.5. The monoisotopic (exact) mass is 338 g/mol. The molecule has 0 saturated heterocycles. The van der Waals surface area contributed by atoms with Crippen LogP contribution in [-0.4, -0.2) is 34.0 Å². The van der Waals surface area contributed by atoms with E-state index in [1.807, 2.05) is 0 Å². The minimum absolute atomic E-state index is 0.154. The number of H-pyrrole nitrogens is 1. The fraction of sp³-hybridized carbons (Fsp3) is 0.647. The molecule has 1 aromatic heterocycles. The van der Waals surface area contributed by atoms with Crippen molar-refractivity contribution in [1.29, 1.82) is 0 Å². The molecule has 2 N–H and O–H groups in total. The van der Waals surface area contributed by atoms with Crippen molar-refractivity contribution in [3.05, 3.63) is 44.8 Å². The molecule has 1 aromatic rings. The second-order valence-corrected chi connectivity index (χ2v) is 5.92. The van der Waals surface area contributed by atoms with Crippen LogP contribution in [0.25, 0.3) is 0 Å². The Balaban J connectivity index is 1.91. The molecule has 7 heteroatoms. The molecule has 134 valence electrons. The van der Waals surface area contributed by atoms with E-state index < -0.39 is 23.6 Å². The zero-order chi connectivity index (χ0) is 17.4. The Bertz CT molecular complexity index is 649. The van der Waals surface area contributed by atoms with E-state index in [2.05, 4.69) is 11.9 Å². The molecule has 0 aliphatic carbocycles. The third kappa shape index (κ3) is 5.15. The van der Waals surface area contributed by atoms with Crippen LogP contribution in [0.4, 0.5) is 0 Å². The Morgan fingerprint density at radius 3 is 2.75 bits per heavy atom. The van der Waals surface area contributed by atoms with Crippen LogP contribution in [0, 0.1) is 0 Å². The van der Waals surface area contributed by atoms with Crippen molar-refractivity contribution < 1.29 is 14.6 Å². The smallest absolute Gasteiger partial charge is 0.330 e. The summed E-state index contributed by atoms with van der Waals surface area (Å²) in [4.78, 5) is 26.1. The number of ether oxygens (including phenoxy) is 2. The molecule has 2 atom stereocenters. The second-order valence-electron chi connectivity index (χ2n) is 5.92. The number of nitrogens with one attached hydrogen (secondary N) is 1. The van der Waals surface area contributed by atoms with Crippen LogP contribution in [0.3, 0.4) is 0 Å². The van der Waals surface area contributed by atoms with E-state index in [4.69, 9.17) is 14.6 Å². The first-order valence-corrected chi connectivity index (χ1v) is 8.52. The van der Waals surface area contributed by atoms with Gasteiger partial charge in [-0.1, -0.05) is 38.7 Å². The molecule has 1 unspecified atom stereocenters. The number of aliphatic hydroxyl groups is 1. The molecular weight excluding hydrogens is 312 g/mol. The minimum Gasteiger partial charge on any atom is -0.393 e. The van der Waals surface area contributed by atoms with Gasteiger partial charge < -0.3 is 14.6 Å². The molecule has 0 fully saturated rings. The lowest BCUT2D eigenvalue weighted by atomic mass is 10.2. The summed E-state index contributed by atoms with van der Waals surface area (Å²) < 4.78 is 12.3. The molecule has 1 aliphatic rings. The summed E-state index contributed by atoms with van der Waals surface area (Å²) in [6.07, 6.45) is 9.48. The lowest BCUT2D eigenvalue weighted by Gasteiger charge is -2.15. The largest absolute Gasteiger partial charge is 0.393 e. The van der Waals surface area contributed by atoms with E-state index in [1.54, 1.807) is 12.2 Å². The average molecular weight is 338 g/mol. The number of aromatic nitrogens is 2. The maximum atomic E-state index is 11.9. The summed E-state index contributed by atoms with van der Waals surface area (Å²) in [6, 6.07) is 0. The van der Waals surface area contributed by atoms with Crippen LogP contribution in [0.15, 0.2) is 27.9 Å². The highest BCUT2D eigenvalue weighted by Crippen LogP contribution is 2.19. The van der Waals surface area contributed by atoms with E-state index in [-0.39, 0.29) is 13.2 Å². The molecule has 0 amide bonds. The number of aliphatic hydroxyl groups excluding tert-OH is 1. The standard InChI is InChI=1S/C17H26N2O5/c1-2-3-4-5-6-9-23-12-13-10-19(17(22)18-16(13)21)15-8-7-14(11-20)24-15/h7-8,10,14-15,20H,2-6,9,11-12H2,1H3,(H,18,21,22)/t14-,15?/m0/s1. The van der Waals surface area contributed by atoms with Crippen molar-refractivity contribution in [2.75, 3.05) is 13.2 Å². The van der Waals surface area contributed by atoms with Gasteiger partial charge in [0.15, 0.2) is 6.23 Å². The highest BCUT2D eigenvalue weighted by molar-refractivity contribution is 5.07. The average Bonchev–Trinajstić information content (AvgIpc) is 3.04. The molecule has 24 heavy (non-hydrogen) atoms. The summed E-state index contributed by atoms with van der Waals surface area (Å²) in [5, 5.41) is 9.08. The van der Waals surface area contributed by atoms with Crippen molar-refractivity contribution in [1.82, 2.24) is 9.55 Å². The Morgan fingerprint density at radius 1 is 1.25 bits per heavy atom. The van der Waals surface area contributed by atoms with Crippen LogP contribution in [0.5, 0.6) is 0 Å². The normalized spacial score (nSPS) is 19.9. The van der Waals surface area contributed by atoms with Gasteiger partial charge >= 0.3 is 5.69 Å². The summed E-state index contributed by atoms with van der Waals surface area (Å²) >= 11 is 0. The van der Waals surface area contributed by atoms with Gasteiger partial charge in [0.25, 0.3) is 5.56 Å². The van der Waals surface area contributed by atoms with Crippen LogP contribution < -0.4 is 11.2 Å². The first-order chi connectivity index (χ1) is 11.7. The van der Waals surface area contributed by atoms with Crippen LogP contribution in [-0.2, 0) is 16.1 Å². The number of hydrogen-bond donors (Lipinski definition) is 2. The predicted octanol–water partition coefficient (Wildman–Crippen LogP) is 1.47. The van der Waals surface area contributed by atoms with Crippen molar-refractivity contribution in [2.45, 2.75) is 58.0 Å². The predicted molar refractivity (Wildman–Crippen MR) is 89.9 cm³/mol. The molecule has 2 rings (SSSR count). The highest BCUT2D eigenvalue weighted by Gasteiger charge is 2.21. The summed E-state index contributed by atoms with van der Waals surface area (Å²) in [5.74, 6) is 0. The maximum absolute atomic E-state index is 11.9. The molecule has 0 spiro atoms. The van der Waals surface area contributed by atoms with E-state index >= 15 is 0 Å². The number of hydrogen-bond acceptors (Lipinski definition) is 5. The number of aromatic amines is 1. The summed E-state index contributed by atoms with van der Waals surface area (Å²) in [7, 11) is 0. The zero-order valence-electron chi connectivity index (χ0n) is 14.1. The molecule has 2 heterocycles. The third-order valence-electron chi connectivity index (χ3n) is 3.95. The van der Waals surface area contributed by atoms with Crippen molar-refractivity contribution in [3.8, 4) is 0 Å². The number of nitrogens with zero attached hydrogens (tertiary/aromatic N) is 1. The lowest BCUT2D eigenvalue weighted by molar-refractivity contribution is -0.0107. The van der Waals surface area contributed by atoms with Gasteiger partial charge in [-0.25, -0.2) is 4.79 Å².